The van der Waals surface area contributed by atoms with Crippen LogP contribution in [0.3, 0.4) is 0 Å². The molecule has 1 aliphatic rings. The van der Waals surface area contributed by atoms with E-state index >= 15 is 0 Å². The Morgan fingerprint density at radius 2 is 1.77 bits per heavy atom. The maximum Gasteiger partial charge on any atom is 0.231 e. The highest BCUT2D eigenvalue weighted by molar-refractivity contribution is 8.00. The van der Waals surface area contributed by atoms with Crippen molar-refractivity contribution in [1.29, 1.82) is 0 Å². The van der Waals surface area contributed by atoms with Gasteiger partial charge in [0.2, 0.25) is 12.7 Å². The minimum absolute atomic E-state index is 0.00419. The number of halogens is 1. The SMILES string of the molecule is O=C(Cc1ccc(Cl)cc1)Nc1cccc(SCC(=O)c2ccc3c(c2)OCO3)c1. The van der Waals surface area contributed by atoms with Crippen molar-refractivity contribution in [3.8, 4) is 11.5 Å². The molecule has 0 spiro atoms. The van der Waals surface area contributed by atoms with Crippen LogP contribution >= 0.6 is 23.4 Å². The fraction of sp³-hybridized carbons (Fsp3) is 0.130. The Bertz CT molecular complexity index is 1080. The summed E-state index contributed by atoms with van der Waals surface area (Å²) in [6.45, 7) is 0.179. The van der Waals surface area contributed by atoms with Gasteiger partial charge in [-0.05, 0) is 54.1 Å². The van der Waals surface area contributed by atoms with Gasteiger partial charge in [0, 0.05) is 21.2 Å². The summed E-state index contributed by atoms with van der Waals surface area (Å²) in [6.07, 6.45) is 0.261. The lowest BCUT2D eigenvalue weighted by Crippen LogP contribution is -2.14. The molecule has 0 aliphatic carbocycles. The summed E-state index contributed by atoms with van der Waals surface area (Å²) in [5.41, 5.74) is 2.16. The molecule has 1 N–H and O–H groups in total. The maximum atomic E-state index is 12.5. The van der Waals surface area contributed by atoms with E-state index in [1.807, 2.05) is 36.4 Å². The van der Waals surface area contributed by atoms with Crippen LogP contribution in [0, 0.1) is 0 Å². The molecule has 0 aromatic heterocycles. The fourth-order valence-electron chi connectivity index (χ4n) is 2.96. The lowest BCUT2D eigenvalue weighted by Gasteiger charge is -2.08. The number of benzene rings is 3. The first-order valence-corrected chi connectivity index (χ1v) is 10.6. The fourth-order valence-corrected chi connectivity index (χ4v) is 3.93. The van der Waals surface area contributed by atoms with Crippen LogP contribution in [-0.4, -0.2) is 24.2 Å². The number of anilines is 1. The summed E-state index contributed by atoms with van der Waals surface area (Å²) >= 11 is 7.29. The number of amides is 1. The number of thioether (sulfide) groups is 1. The van der Waals surface area contributed by atoms with Crippen LogP contribution < -0.4 is 14.8 Å². The van der Waals surface area contributed by atoms with E-state index in [-0.39, 0.29) is 30.7 Å². The summed E-state index contributed by atoms with van der Waals surface area (Å²) in [4.78, 5) is 25.7. The summed E-state index contributed by atoms with van der Waals surface area (Å²) in [5, 5.41) is 3.53. The first-order chi connectivity index (χ1) is 14.6. The highest BCUT2D eigenvalue weighted by Gasteiger charge is 2.16. The number of hydrogen-bond acceptors (Lipinski definition) is 5. The third kappa shape index (κ3) is 5.14. The Morgan fingerprint density at radius 1 is 0.967 bits per heavy atom. The molecule has 0 fully saturated rings. The topological polar surface area (TPSA) is 64.6 Å². The van der Waals surface area contributed by atoms with Gasteiger partial charge in [-0.1, -0.05) is 29.8 Å². The largest absolute Gasteiger partial charge is 0.454 e. The smallest absolute Gasteiger partial charge is 0.231 e. The molecule has 0 radical (unpaired) electrons. The van der Waals surface area contributed by atoms with Crippen molar-refractivity contribution in [3.05, 3.63) is 82.9 Å². The monoisotopic (exact) mass is 439 g/mol. The van der Waals surface area contributed by atoms with E-state index in [2.05, 4.69) is 5.32 Å². The molecule has 5 nitrogen and oxygen atoms in total. The number of Topliss-reactive ketones (excluding diaryl/α,β-unsaturated/α-hetero) is 1. The molecular weight excluding hydrogens is 422 g/mol. The Kier molecular flexibility index (Phi) is 6.26. The van der Waals surface area contributed by atoms with Crippen LogP contribution in [0.5, 0.6) is 11.5 Å². The molecule has 1 heterocycles. The first kappa shape index (κ1) is 20.3. The van der Waals surface area contributed by atoms with Crippen LogP contribution in [0.25, 0.3) is 0 Å². The molecule has 0 unspecified atom stereocenters. The minimum atomic E-state index is -0.115. The average Bonchev–Trinajstić information content (AvgIpc) is 3.22. The van der Waals surface area contributed by atoms with Gasteiger partial charge < -0.3 is 14.8 Å². The number of ketones is 1. The molecule has 0 bridgehead atoms. The van der Waals surface area contributed by atoms with Gasteiger partial charge in [0.05, 0.1) is 12.2 Å². The van der Waals surface area contributed by atoms with E-state index in [9.17, 15) is 9.59 Å². The summed E-state index contributed by atoms with van der Waals surface area (Å²) in [7, 11) is 0. The van der Waals surface area contributed by atoms with E-state index in [0.29, 0.717) is 27.8 Å². The Labute approximate surface area is 183 Å². The summed E-state index contributed by atoms with van der Waals surface area (Å²) < 4.78 is 10.6. The maximum absolute atomic E-state index is 12.5. The third-order valence-corrected chi connectivity index (χ3v) is 5.71. The van der Waals surface area contributed by atoms with Crippen molar-refractivity contribution in [2.24, 2.45) is 0 Å². The Balaban J connectivity index is 1.33. The van der Waals surface area contributed by atoms with Crippen molar-refractivity contribution >= 4 is 40.7 Å². The van der Waals surface area contributed by atoms with E-state index in [1.165, 1.54) is 11.8 Å². The van der Waals surface area contributed by atoms with E-state index in [0.717, 1.165) is 10.5 Å². The van der Waals surface area contributed by atoms with Gasteiger partial charge in [-0.15, -0.1) is 11.8 Å². The van der Waals surface area contributed by atoms with Crippen LogP contribution in [0.2, 0.25) is 5.02 Å². The lowest BCUT2D eigenvalue weighted by molar-refractivity contribution is -0.115. The number of rotatable bonds is 7. The highest BCUT2D eigenvalue weighted by Crippen LogP contribution is 2.33. The molecule has 4 rings (SSSR count). The average molecular weight is 440 g/mol. The first-order valence-electron chi connectivity index (χ1n) is 9.27. The summed E-state index contributed by atoms with van der Waals surface area (Å²) in [5.74, 6) is 1.41. The number of carbonyl (C=O) groups excluding carboxylic acids is 2. The minimum Gasteiger partial charge on any atom is -0.454 e. The number of fused-ring (bicyclic) bond motifs is 1. The molecule has 30 heavy (non-hydrogen) atoms. The molecule has 3 aromatic rings. The van der Waals surface area contributed by atoms with E-state index in [4.69, 9.17) is 21.1 Å². The molecular formula is C23H18ClNO4S. The molecule has 3 aromatic carbocycles. The number of ether oxygens (including phenoxy) is 2. The molecule has 0 atom stereocenters. The number of hydrogen-bond donors (Lipinski definition) is 1. The second-order valence-electron chi connectivity index (χ2n) is 6.66. The van der Waals surface area contributed by atoms with Gasteiger partial charge in [-0.25, -0.2) is 0 Å². The highest BCUT2D eigenvalue weighted by atomic mass is 35.5. The zero-order valence-corrected chi connectivity index (χ0v) is 17.5. The lowest BCUT2D eigenvalue weighted by atomic mass is 10.1. The van der Waals surface area contributed by atoms with Gasteiger partial charge in [0.15, 0.2) is 17.3 Å². The number of nitrogens with one attached hydrogen (secondary N) is 1. The van der Waals surface area contributed by atoms with Gasteiger partial charge in [0.25, 0.3) is 0 Å². The van der Waals surface area contributed by atoms with Crippen LogP contribution in [0.1, 0.15) is 15.9 Å². The molecule has 0 saturated heterocycles. The van der Waals surface area contributed by atoms with Crippen molar-refractivity contribution in [1.82, 2.24) is 0 Å². The van der Waals surface area contributed by atoms with Crippen molar-refractivity contribution in [2.45, 2.75) is 11.3 Å². The van der Waals surface area contributed by atoms with Gasteiger partial charge >= 0.3 is 0 Å². The molecule has 7 heteroatoms. The molecule has 1 aliphatic heterocycles. The standard InChI is InChI=1S/C23H18ClNO4S/c24-17-7-4-15(5-8-17)10-23(27)25-18-2-1-3-19(12-18)30-13-20(26)16-6-9-21-22(11-16)29-14-28-21/h1-9,11-12H,10,13-14H2,(H,25,27). The van der Waals surface area contributed by atoms with Crippen LogP contribution in [-0.2, 0) is 11.2 Å². The van der Waals surface area contributed by atoms with Crippen molar-refractivity contribution in [2.75, 3.05) is 17.9 Å². The predicted molar refractivity (Wildman–Crippen MR) is 118 cm³/mol. The van der Waals surface area contributed by atoms with Crippen molar-refractivity contribution < 1.29 is 19.1 Å². The molecule has 1 amide bonds. The van der Waals surface area contributed by atoms with E-state index in [1.54, 1.807) is 30.3 Å². The van der Waals surface area contributed by atoms with Crippen LogP contribution in [0.15, 0.2) is 71.6 Å². The van der Waals surface area contributed by atoms with Gasteiger partial charge in [-0.2, -0.15) is 0 Å². The Morgan fingerprint density at radius 3 is 2.60 bits per heavy atom. The second kappa shape index (κ2) is 9.24. The van der Waals surface area contributed by atoms with Crippen LogP contribution in [0.4, 0.5) is 5.69 Å². The predicted octanol–water partition coefficient (Wildman–Crippen LogP) is 5.22. The van der Waals surface area contributed by atoms with Crippen molar-refractivity contribution in [3.63, 3.8) is 0 Å². The van der Waals surface area contributed by atoms with Gasteiger partial charge in [-0.3, -0.25) is 9.59 Å². The second-order valence-corrected chi connectivity index (χ2v) is 8.14. The number of carbonyl (C=O) groups is 2. The Hall–Kier alpha value is -2.96. The quantitative estimate of drug-likeness (QED) is 0.403. The zero-order chi connectivity index (χ0) is 20.9. The van der Waals surface area contributed by atoms with E-state index < -0.39 is 0 Å². The molecule has 152 valence electrons. The zero-order valence-electron chi connectivity index (χ0n) is 15.9. The normalized spacial score (nSPS) is 11.9. The molecule has 0 saturated carbocycles. The summed E-state index contributed by atoms with van der Waals surface area (Å²) in [6, 6.07) is 19.8. The van der Waals surface area contributed by atoms with Gasteiger partial charge in [0.1, 0.15) is 0 Å². The third-order valence-electron chi connectivity index (χ3n) is 4.46.